The maximum absolute atomic E-state index is 10.3. The standard InChI is InChI=1S/C51H35N3/c1-51(2)45-23-13-11-21-41(45)43-30-44-42-22-12-14-24-49(42)54(50(44)31-46(43)51)39-26-37(40-20-10-9-19-35(40)32-52)25-38(27-39)48-29-36(33-15-5-3-6-16-33)28-47(53-48)34-17-7-4-8-18-34/h3-31H,1-2H3. The molecule has 0 spiro atoms. The Kier molecular flexibility index (Phi) is 7.22. The van der Waals surface area contributed by atoms with Crippen LogP contribution in [0.25, 0.3) is 83.4 Å². The van der Waals surface area contributed by atoms with Crippen LogP contribution < -0.4 is 0 Å². The number of hydrogen-bond acceptors (Lipinski definition) is 2. The van der Waals surface area contributed by atoms with E-state index in [9.17, 15) is 5.26 Å². The normalized spacial score (nSPS) is 12.8. The summed E-state index contributed by atoms with van der Waals surface area (Å²) >= 11 is 0. The molecule has 0 amide bonds. The molecule has 2 heterocycles. The first kappa shape index (κ1) is 31.7. The topological polar surface area (TPSA) is 41.6 Å². The minimum Gasteiger partial charge on any atom is -0.309 e. The molecule has 1 aliphatic carbocycles. The van der Waals surface area contributed by atoms with Gasteiger partial charge in [-0.25, -0.2) is 4.98 Å². The summed E-state index contributed by atoms with van der Waals surface area (Å²) in [5.41, 5.74) is 17.0. The lowest BCUT2D eigenvalue weighted by Gasteiger charge is -2.22. The molecule has 1 aliphatic rings. The second-order valence-corrected chi connectivity index (χ2v) is 14.7. The van der Waals surface area contributed by atoms with E-state index < -0.39 is 0 Å². The van der Waals surface area contributed by atoms with Crippen molar-refractivity contribution >= 4 is 21.8 Å². The Hall–Kier alpha value is -7.02. The number of nitriles is 1. The highest BCUT2D eigenvalue weighted by Gasteiger charge is 2.36. The van der Waals surface area contributed by atoms with Crippen molar-refractivity contribution < 1.29 is 0 Å². The average molecular weight is 690 g/mol. The number of rotatable bonds is 5. The first-order valence-corrected chi connectivity index (χ1v) is 18.4. The Balaban J connectivity index is 1.28. The molecule has 254 valence electrons. The molecule has 2 aromatic heterocycles. The van der Waals surface area contributed by atoms with Gasteiger partial charge < -0.3 is 4.57 Å². The predicted octanol–water partition coefficient (Wildman–Crippen LogP) is 13.0. The Labute approximate surface area is 315 Å². The van der Waals surface area contributed by atoms with Crippen LogP contribution in [0.4, 0.5) is 0 Å². The molecule has 0 bridgehead atoms. The Bertz CT molecular complexity index is 2900. The molecule has 3 nitrogen and oxygen atoms in total. The van der Waals surface area contributed by atoms with Gasteiger partial charge in [-0.3, -0.25) is 0 Å². The second kappa shape index (κ2) is 12.3. The van der Waals surface area contributed by atoms with Crippen LogP contribution in [0.5, 0.6) is 0 Å². The molecule has 0 unspecified atom stereocenters. The molecular weight excluding hydrogens is 655 g/mol. The molecule has 54 heavy (non-hydrogen) atoms. The molecule has 7 aromatic carbocycles. The zero-order valence-electron chi connectivity index (χ0n) is 30.1. The number of hydrogen-bond donors (Lipinski definition) is 0. The third kappa shape index (κ3) is 4.99. The van der Waals surface area contributed by atoms with E-state index in [0.717, 1.165) is 61.5 Å². The van der Waals surface area contributed by atoms with Gasteiger partial charge in [0.2, 0.25) is 0 Å². The van der Waals surface area contributed by atoms with E-state index in [-0.39, 0.29) is 5.41 Å². The molecule has 0 radical (unpaired) electrons. The van der Waals surface area contributed by atoms with Gasteiger partial charge in [-0.15, -0.1) is 0 Å². The summed E-state index contributed by atoms with van der Waals surface area (Å²) in [6.45, 7) is 4.67. The zero-order valence-corrected chi connectivity index (χ0v) is 30.1. The van der Waals surface area contributed by atoms with Gasteiger partial charge in [0.15, 0.2) is 0 Å². The van der Waals surface area contributed by atoms with Crippen LogP contribution in [0.15, 0.2) is 176 Å². The van der Waals surface area contributed by atoms with Crippen LogP contribution in [-0.2, 0) is 5.41 Å². The summed E-state index contributed by atoms with van der Waals surface area (Å²) in [6.07, 6.45) is 0. The predicted molar refractivity (Wildman–Crippen MR) is 223 cm³/mol. The van der Waals surface area contributed by atoms with Crippen molar-refractivity contribution in [3.8, 4) is 67.7 Å². The first-order valence-electron chi connectivity index (χ1n) is 18.4. The fraction of sp³-hybridized carbons (Fsp3) is 0.0588. The van der Waals surface area contributed by atoms with Crippen LogP contribution in [0.1, 0.15) is 30.5 Å². The van der Waals surface area contributed by atoms with Gasteiger partial charge in [0, 0.05) is 33.0 Å². The third-order valence-corrected chi connectivity index (χ3v) is 11.2. The number of benzene rings is 7. The van der Waals surface area contributed by atoms with E-state index >= 15 is 0 Å². The minimum absolute atomic E-state index is 0.143. The van der Waals surface area contributed by atoms with Crippen LogP contribution in [0.2, 0.25) is 0 Å². The quantitative estimate of drug-likeness (QED) is 0.180. The van der Waals surface area contributed by atoms with E-state index in [4.69, 9.17) is 4.98 Å². The summed E-state index contributed by atoms with van der Waals surface area (Å²) in [7, 11) is 0. The second-order valence-electron chi connectivity index (χ2n) is 14.7. The lowest BCUT2D eigenvalue weighted by molar-refractivity contribution is 0.661. The first-order chi connectivity index (χ1) is 26.5. The number of fused-ring (bicyclic) bond motifs is 6. The highest BCUT2D eigenvalue weighted by molar-refractivity contribution is 6.12. The molecule has 0 atom stereocenters. The lowest BCUT2D eigenvalue weighted by Crippen LogP contribution is -2.15. The van der Waals surface area contributed by atoms with E-state index in [1.807, 2.05) is 36.4 Å². The fourth-order valence-corrected chi connectivity index (χ4v) is 8.55. The van der Waals surface area contributed by atoms with Gasteiger partial charge in [0.1, 0.15) is 0 Å². The van der Waals surface area contributed by atoms with Gasteiger partial charge in [0.25, 0.3) is 0 Å². The molecule has 0 aliphatic heterocycles. The number of para-hydroxylation sites is 1. The maximum atomic E-state index is 10.3. The van der Waals surface area contributed by atoms with Gasteiger partial charge in [-0.05, 0) is 99.1 Å². The molecule has 0 fully saturated rings. The summed E-state index contributed by atoms with van der Waals surface area (Å²) < 4.78 is 2.41. The maximum Gasteiger partial charge on any atom is 0.0998 e. The van der Waals surface area contributed by atoms with E-state index in [1.165, 1.54) is 33.0 Å². The molecule has 3 heteroatoms. The number of aromatic nitrogens is 2. The van der Waals surface area contributed by atoms with Crippen molar-refractivity contribution in [2.24, 2.45) is 0 Å². The third-order valence-electron chi connectivity index (χ3n) is 11.2. The van der Waals surface area contributed by atoms with E-state index in [0.29, 0.717) is 5.56 Å². The molecule has 9 aromatic rings. The monoisotopic (exact) mass is 689 g/mol. The van der Waals surface area contributed by atoms with Gasteiger partial charge in [-0.1, -0.05) is 135 Å². The minimum atomic E-state index is -0.143. The van der Waals surface area contributed by atoms with Gasteiger partial charge in [-0.2, -0.15) is 5.26 Å². The molecule has 0 saturated heterocycles. The summed E-state index contributed by atoms with van der Waals surface area (Å²) in [5, 5.41) is 12.7. The largest absolute Gasteiger partial charge is 0.309 e. The summed E-state index contributed by atoms with van der Waals surface area (Å²) in [5.74, 6) is 0. The van der Waals surface area contributed by atoms with E-state index in [2.05, 4.69) is 164 Å². The van der Waals surface area contributed by atoms with Crippen molar-refractivity contribution in [2.45, 2.75) is 19.3 Å². The Morgan fingerprint density at radius 1 is 0.463 bits per heavy atom. The molecular formula is C51H35N3. The molecule has 0 N–H and O–H groups in total. The summed E-state index contributed by atoms with van der Waals surface area (Å²) in [6, 6.07) is 64.6. The Morgan fingerprint density at radius 3 is 1.87 bits per heavy atom. The lowest BCUT2D eigenvalue weighted by atomic mass is 9.82. The molecule has 0 saturated carbocycles. The fourth-order valence-electron chi connectivity index (χ4n) is 8.55. The summed E-state index contributed by atoms with van der Waals surface area (Å²) in [4.78, 5) is 5.34. The van der Waals surface area contributed by atoms with Crippen LogP contribution in [-0.4, -0.2) is 9.55 Å². The van der Waals surface area contributed by atoms with Gasteiger partial charge >= 0.3 is 0 Å². The number of pyridine rings is 1. The number of nitrogens with zero attached hydrogens (tertiary/aromatic N) is 3. The Morgan fingerprint density at radius 2 is 1.09 bits per heavy atom. The van der Waals surface area contributed by atoms with Gasteiger partial charge in [0.05, 0.1) is 34.1 Å². The van der Waals surface area contributed by atoms with Crippen LogP contribution in [0, 0.1) is 11.3 Å². The zero-order chi connectivity index (χ0) is 36.4. The highest BCUT2D eigenvalue weighted by atomic mass is 15.0. The smallest absolute Gasteiger partial charge is 0.0998 e. The van der Waals surface area contributed by atoms with Crippen molar-refractivity contribution in [3.05, 3.63) is 193 Å². The van der Waals surface area contributed by atoms with Crippen molar-refractivity contribution in [3.63, 3.8) is 0 Å². The SMILES string of the molecule is CC1(C)c2ccccc2-c2cc3c4ccccc4n(-c4cc(-c5cc(-c6ccccc6)cc(-c6ccccc6)n5)cc(-c5ccccc5C#N)c4)c3cc21. The highest BCUT2D eigenvalue weighted by Crippen LogP contribution is 2.51. The van der Waals surface area contributed by atoms with E-state index in [1.54, 1.807) is 0 Å². The average Bonchev–Trinajstić information content (AvgIpc) is 3.68. The van der Waals surface area contributed by atoms with Crippen LogP contribution >= 0.6 is 0 Å². The van der Waals surface area contributed by atoms with Crippen LogP contribution in [0.3, 0.4) is 0 Å². The van der Waals surface area contributed by atoms with Crippen molar-refractivity contribution in [1.29, 1.82) is 5.26 Å². The van der Waals surface area contributed by atoms with Crippen molar-refractivity contribution in [1.82, 2.24) is 9.55 Å². The van der Waals surface area contributed by atoms with Crippen molar-refractivity contribution in [2.75, 3.05) is 0 Å². The molecule has 10 rings (SSSR count).